The molecule has 0 saturated heterocycles. The average molecular weight is 500 g/mol. The summed E-state index contributed by atoms with van der Waals surface area (Å²) >= 11 is 0. The molecule has 4 N–H and O–H groups in total. The average Bonchev–Trinajstić information content (AvgIpc) is 2.70. The molecule has 14 heteroatoms. The first-order valence-corrected chi connectivity index (χ1v) is 9.49. The van der Waals surface area contributed by atoms with Crippen LogP contribution in [-0.2, 0) is 42.9 Å². The number of hydrogen-bond donors (Lipinski definition) is 2. The van der Waals surface area contributed by atoms with Crippen LogP contribution in [0.3, 0.4) is 0 Å². The molecule has 0 aromatic carbocycles. The summed E-state index contributed by atoms with van der Waals surface area (Å²) in [5.41, 5.74) is 0. The van der Waals surface area contributed by atoms with Gasteiger partial charge in [-0.05, 0) is 27.7 Å². The molecule has 0 aliphatic heterocycles. The van der Waals surface area contributed by atoms with Crippen molar-refractivity contribution >= 4 is 24.1 Å². The molecule has 0 bridgehead atoms. The summed E-state index contributed by atoms with van der Waals surface area (Å²) in [6, 6.07) is 0. The van der Waals surface area contributed by atoms with Gasteiger partial charge in [-0.2, -0.15) is 9.59 Å². The summed E-state index contributed by atoms with van der Waals surface area (Å²) in [7, 11) is 1.68. The topological polar surface area (TPSA) is 217 Å². The van der Waals surface area contributed by atoms with Crippen molar-refractivity contribution in [1.82, 2.24) is 0 Å². The van der Waals surface area contributed by atoms with Crippen LogP contribution in [0.2, 0.25) is 0 Å². The molecule has 0 heterocycles. The van der Waals surface area contributed by atoms with Gasteiger partial charge in [0.25, 0.3) is 0 Å². The fraction of sp³-hybridized carbons (Fsp3) is 0.789. The van der Waals surface area contributed by atoms with E-state index in [0.29, 0.717) is 33.0 Å². The molecule has 0 aliphatic carbocycles. The predicted molar refractivity (Wildman–Crippen MR) is 111 cm³/mol. The molecule has 33 heavy (non-hydrogen) atoms. The Hall–Kier alpha value is -1.41. The number of carboxylic acid groups (broad SMARTS) is 3. The third kappa shape index (κ3) is 117. The fourth-order valence-corrected chi connectivity index (χ4v) is 0.907. The van der Waals surface area contributed by atoms with Crippen molar-refractivity contribution in [3.8, 4) is 0 Å². The summed E-state index contributed by atoms with van der Waals surface area (Å²) in [4.78, 5) is 45.5. The Bertz CT molecular complexity index is 371. The van der Waals surface area contributed by atoms with E-state index in [9.17, 15) is 19.5 Å². The van der Waals surface area contributed by atoms with Gasteiger partial charge in [-0.3, -0.25) is 9.59 Å². The Morgan fingerprint density at radius 3 is 1.15 bits per heavy atom. The van der Waals surface area contributed by atoms with Crippen molar-refractivity contribution in [2.24, 2.45) is 0 Å². The third-order valence-corrected chi connectivity index (χ3v) is 2.27. The number of carbonyl (C=O) groups is 3. The first kappa shape index (κ1) is 48.9. The Balaban J connectivity index is -0.0000000421. The number of carboxylic acids is 3. The normalized spacial score (nSPS) is 7.79. The second-order valence-corrected chi connectivity index (χ2v) is 4.66. The van der Waals surface area contributed by atoms with Crippen LogP contribution in [0.15, 0.2) is 0 Å². The molecule has 0 atom stereocenters. The van der Waals surface area contributed by atoms with Gasteiger partial charge in [-0.1, -0.05) is 0 Å². The maximum absolute atomic E-state index is 9.79. The fourth-order valence-electron chi connectivity index (χ4n) is 0.907. The van der Waals surface area contributed by atoms with Crippen LogP contribution in [0.25, 0.3) is 0 Å². The van der Waals surface area contributed by atoms with E-state index in [-0.39, 0.29) is 68.5 Å². The molecule has 13 nitrogen and oxygen atoms in total. The monoisotopic (exact) mass is 499 g/mol. The number of ether oxygens (including phenoxy) is 4. The van der Waals surface area contributed by atoms with Gasteiger partial charge < -0.3 is 44.5 Å². The van der Waals surface area contributed by atoms with Gasteiger partial charge in [0, 0.05) is 45.9 Å². The zero-order chi connectivity index (χ0) is 25.3. The van der Waals surface area contributed by atoms with Crippen molar-refractivity contribution < 1.29 is 94.7 Å². The SMILES string of the molecule is CCOC.CCOCCC(=O)O.CCOCCC(=O)O.CCOCCC(=O)[O-].O.O=C=O.[H+].[Na+]. The number of aliphatic carboxylic acids is 3. The Kier molecular flexibility index (Phi) is 77.8. The van der Waals surface area contributed by atoms with Crippen LogP contribution < -0.4 is 34.7 Å². The van der Waals surface area contributed by atoms with Crippen LogP contribution >= 0.6 is 0 Å². The molecular formula is C19H40NaO13+. The largest absolute Gasteiger partial charge is 1.00 e. The second kappa shape index (κ2) is 52.5. The standard InChI is InChI=1S/3C5H10O3.C3H8O.CO2.Na.H2O/c3*1-2-8-4-3-5(6)7;1-3-4-2;2-1-3;;/h3*2-4H2,1H3,(H,6,7);3H2,1-2H3;;;1H2/q;;;;;+1;. The molecule has 0 amide bonds. The van der Waals surface area contributed by atoms with Gasteiger partial charge in [0.15, 0.2) is 0 Å². The molecule has 0 aromatic heterocycles. The summed E-state index contributed by atoms with van der Waals surface area (Å²) in [6.07, 6.45) is 0.454. The Morgan fingerprint density at radius 1 is 0.758 bits per heavy atom. The first-order valence-electron chi connectivity index (χ1n) is 9.49. The summed E-state index contributed by atoms with van der Waals surface area (Å²) < 4.78 is 18.8. The maximum Gasteiger partial charge on any atom is 1.00 e. The minimum atomic E-state index is -1.06. The predicted octanol–water partition coefficient (Wildman–Crippen LogP) is -3.48. The van der Waals surface area contributed by atoms with Crippen molar-refractivity contribution in [2.45, 2.75) is 47.0 Å². The third-order valence-electron chi connectivity index (χ3n) is 2.27. The zero-order valence-electron chi connectivity index (χ0n) is 21.5. The molecule has 0 saturated carbocycles. The van der Waals surface area contributed by atoms with E-state index in [1.165, 1.54) is 0 Å². The van der Waals surface area contributed by atoms with E-state index in [4.69, 9.17) is 34.0 Å². The van der Waals surface area contributed by atoms with E-state index >= 15 is 0 Å². The molecular weight excluding hydrogens is 459 g/mol. The molecule has 194 valence electrons. The van der Waals surface area contributed by atoms with Gasteiger partial charge in [0.05, 0.1) is 32.7 Å². The maximum atomic E-state index is 9.79. The molecule has 0 unspecified atom stereocenters. The molecule has 0 aromatic rings. The van der Waals surface area contributed by atoms with Gasteiger partial charge in [0.1, 0.15) is 0 Å². The van der Waals surface area contributed by atoms with Crippen LogP contribution in [0.4, 0.5) is 0 Å². The molecule has 0 fully saturated rings. The van der Waals surface area contributed by atoms with Crippen LogP contribution in [0.1, 0.15) is 48.4 Å². The van der Waals surface area contributed by atoms with E-state index in [0.717, 1.165) is 6.61 Å². The Morgan fingerprint density at radius 2 is 1.00 bits per heavy atom. The van der Waals surface area contributed by atoms with Crippen LogP contribution in [-0.4, -0.2) is 93.1 Å². The van der Waals surface area contributed by atoms with Crippen LogP contribution in [0.5, 0.6) is 0 Å². The van der Waals surface area contributed by atoms with E-state index in [1.54, 1.807) is 7.11 Å². The summed E-state index contributed by atoms with van der Waals surface area (Å²) in [6.45, 7) is 10.9. The van der Waals surface area contributed by atoms with E-state index in [2.05, 4.69) is 4.74 Å². The smallest absolute Gasteiger partial charge is 0.550 e. The van der Waals surface area contributed by atoms with Gasteiger partial charge in [-0.15, -0.1) is 0 Å². The number of rotatable bonds is 13. The number of carbonyl (C=O) groups excluding carboxylic acids is 3. The second-order valence-electron chi connectivity index (χ2n) is 4.66. The quantitative estimate of drug-likeness (QED) is 0.186. The zero-order valence-corrected chi connectivity index (χ0v) is 22.5. The van der Waals surface area contributed by atoms with Crippen molar-refractivity contribution in [3.63, 3.8) is 0 Å². The van der Waals surface area contributed by atoms with Gasteiger partial charge >= 0.3 is 49.1 Å². The van der Waals surface area contributed by atoms with E-state index < -0.39 is 17.9 Å². The summed E-state index contributed by atoms with van der Waals surface area (Å²) in [5.74, 6) is -2.67. The molecule has 0 rings (SSSR count). The molecule has 0 aliphatic rings. The van der Waals surface area contributed by atoms with Crippen LogP contribution in [0, 0.1) is 0 Å². The number of methoxy groups -OCH3 is 1. The van der Waals surface area contributed by atoms with Gasteiger partial charge in [0.2, 0.25) is 0 Å². The molecule has 0 radical (unpaired) electrons. The summed E-state index contributed by atoms with van der Waals surface area (Å²) in [5, 5.41) is 25.8. The van der Waals surface area contributed by atoms with E-state index in [1.807, 2.05) is 27.7 Å². The minimum Gasteiger partial charge on any atom is -0.550 e. The van der Waals surface area contributed by atoms with Gasteiger partial charge in [-0.25, -0.2) is 0 Å². The number of hydrogen-bond acceptors (Lipinski definition) is 10. The van der Waals surface area contributed by atoms with Crippen molar-refractivity contribution in [3.05, 3.63) is 0 Å². The Labute approximate surface area is 218 Å². The first-order chi connectivity index (χ1) is 14.6. The molecule has 0 spiro atoms. The minimum absolute atomic E-state index is 0. The van der Waals surface area contributed by atoms with Crippen molar-refractivity contribution in [2.75, 3.05) is 53.4 Å². The van der Waals surface area contributed by atoms with Crippen molar-refractivity contribution in [1.29, 1.82) is 0 Å².